The Bertz CT molecular complexity index is 1400. The number of hydrogen-bond acceptors (Lipinski definition) is 7. The van der Waals surface area contributed by atoms with Gasteiger partial charge in [-0.15, -0.1) is 0 Å². The second kappa shape index (κ2) is 14.1. The van der Waals surface area contributed by atoms with Crippen molar-refractivity contribution in [3.63, 3.8) is 0 Å². The average Bonchev–Trinajstić information content (AvgIpc) is 2.95. The highest BCUT2D eigenvalue weighted by atomic mass is 32.2. The number of nitrogens with zero attached hydrogens (tertiary/aromatic N) is 3. The van der Waals surface area contributed by atoms with E-state index in [2.05, 4.69) is 5.32 Å². The standard InChI is InChI=1S/C30H34F2N4O4S/c31-21-9-10-27(25(32)19-21)40-18-17-39-16-14-33-13-11-28(37)35-15-12-26-24(20-35)29(38)36(22-5-2-1-3-6-22)30(34-26)41-23-7-4-8-23/h1-3,5-6,9-10,19,23,33H,4,7-8,11-18,20H2. The van der Waals surface area contributed by atoms with Crippen molar-refractivity contribution >= 4 is 17.7 Å². The van der Waals surface area contributed by atoms with Crippen LogP contribution in [0.3, 0.4) is 0 Å². The lowest BCUT2D eigenvalue weighted by Gasteiger charge is -2.30. The summed E-state index contributed by atoms with van der Waals surface area (Å²) in [5.41, 5.74) is 2.09. The summed E-state index contributed by atoms with van der Waals surface area (Å²) in [5, 5.41) is 4.42. The Morgan fingerprint density at radius 1 is 1.07 bits per heavy atom. The number of aromatic nitrogens is 2. The first-order chi connectivity index (χ1) is 20.0. The Balaban J connectivity index is 1.07. The van der Waals surface area contributed by atoms with Crippen molar-refractivity contribution in [2.24, 2.45) is 0 Å². The number of halogens is 2. The molecule has 2 aliphatic rings. The van der Waals surface area contributed by atoms with Gasteiger partial charge in [0, 0.05) is 43.8 Å². The number of ether oxygens (including phenoxy) is 2. The van der Waals surface area contributed by atoms with Crippen molar-refractivity contribution in [2.45, 2.75) is 49.1 Å². The largest absolute Gasteiger partial charge is 0.488 e. The molecule has 8 nitrogen and oxygen atoms in total. The molecule has 0 spiro atoms. The molecule has 3 aromatic rings. The summed E-state index contributed by atoms with van der Waals surface area (Å²) < 4.78 is 38.9. The van der Waals surface area contributed by atoms with Crippen molar-refractivity contribution in [3.05, 3.63) is 81.8 Å². The van der Waals surface area contributed by atoms with Crippen LogP contribution in [0.25, 0.3) is 5.69 Å². The van der Waals surface area contributed by atoms with Gasteiger partial charge in [-0.1, -0.05) is 36.4 Å². The number of rotatable bonds is 13. The lowest BCUT2D eigenvalue weighted by Crippen LogP contribution is -2.42. The van der Waals surface area contributed by atoms with E-state index in [-0.39, 0.29) is 37.0 Å². The lowest BCUT2D eigenvalue weighted by atomic mass is 10.0. The summed E-state index contributed by atoms with van der Waals surface area (Å²) in [5.74, 6) is -1.44. The summed E-state index contributed by atoms with van der Waals surface area (Å²) in [7, 11) is 0. The molecule has 0 atom stereocenters. The van der Waals surface area contributed by atoms with Gasteiger partial charge < -0.3 is 19.7 Å². The fourth-order valence-corrected chi connectivity index (χ4v) is 6.04. The zero-order valence-corrected chi connectivity index (χ0v) is 23.6. The number of fused-ring (bicyclic) bond motifs is 1. The van der Waals surface area contributed by atoms with E-state index in [1.807, 2.05) is 30.3 Å². The van der Waals surface area contributed by atoms with Gasteiger partial charge in [-0.3, -0.25) is 14.2 Å². The molecule has 0 radical (unpaired) electrons. The molecule has 0 bridgehead atoms. The maximum absolute atomic E-state index is 13.7. The molecule has 218 valence electrons. The minimum absolute atomic E-state index is 0.0163. The van der Waals surface area contributed by atoms with Crippen molar-refractivity contribution in [2.75, 3.05) is 39.5 Å². The van der Waals surface area contributed by atoms with Gasteiger partial charge in [-0.2, -0.15) is 0 Å². The van der Waals surface area contributed by atoms with Gasteiger partial charge in [0.25, 0.3) is 5.56 Å². The normalized spacial score (nSPS) is 14.9. The van der Waals surface area contributed by atoms with Gasteiger partial charge in [0.2, 0.25) is 5.91 Å². The second-order valence-corrected chi connectivity index (χ2v) is 11.3. The first kappa shape index (κ1) is 29.2. The van der Waals surface area contributed by atoms with Crippen LogP contribution in [0.2, 0.25) is 0 Å². The molecule has 11 heteroatoms. The molecule has 0 saturated heterocycles. The number of hydrogen-bond donors (Lipinski definition) is 1. The van der Waals surface area contributed by atoms with E-state index in [1.165, 1.54) is 12.5 Å². The first-order valence-corrected chi connectivity index (χ1v) is 14.9. The SMILES string of the molecule is O=C(CCNCCOCCOc1ccc(F)cc1F)N1CCc2nc(SC3CCC3)n(-c3ccccc3)c(=O)c2C1. The molecule has 1 N–H and O–H groups in total. The molecule has 1 saturated carbocycles. The summed E-state index contributed by atoms with van der Waals surface area (Å²) >= 11 is 1.69. The third-order valence-corrected chi connectivity index (χ3v) is 8.50. The Hall–Kier alpha value is -3.28. The maximum Gasteiger partial charge on any atom is 0.264 e. The summed E-state index contributed by atoms with van der Waals surface area (Å²) in [6, 6.07) is 12.7. The van der Waals surface area contributed by atoms with Crippen LogP contribution in [0, 0.1) is 11.6 Å². The van der Waals surface area contributed by atoms with E-state index < -0.39 is 11.6 Å². The topological polar surface area (TPSA) is 85.7 Å². The van der Waals surface area contributed by atoms with Gasteiger partial charge in [0.1, 0.15) is 12.4 Å². The summed E-state index contributed by atoms with van der Waals surface area (Å²) in [4.78, 5) is 33.3. The molecule has 2 heterocycles. The fourth-order valence-electron chi connectivity index (χ4n) is 4.72. The molecular formula is C30H34F2N4O4S. The smallest absolute Gasteiger partial charge is 0.264 e. The molecule has 1 fully saturated rings. The third kappa shape index (κ3) is 7.52. The van der Waals surface area contributed by atoms with E-state index in [4.69, 9.17) is 14.5 Å². The van der Waals surface area contributed by atoms with Gasteiger partial charge in [0.15, 0.2) is 16.7 Å². The predicted molar refractivity (Wildman–Crippen MR) is 153 cm³/mol. The highest BCUT2D eigenvalue weighted by molar-refractivity contribution is 7.99. The van der Waals surface area contributed by atoms with Crippen LogP contribution in [0.15, 0.2) is 58.5 Å². The molecular weight excluding hydrogens is 550 g/mol. The van der Waals surface area contributed by atoms with Crippen molar-refractivity contribution < 1.29 is 23.0 Å². The molecule has 1 aliphatic heterocycles. The van der Waals surface area contributed by atoms with Crippen molar-refractivity contribution in [1.29, 1.82) is 0 Å². The van der Waals surface area contributed by atoms with E-state index >= 15 is 0 Å². The Kier molecular flexibility index (Phi) is 10.0. The number of para-hydroxylation sites is 1. The molecule has 5 rings (SSSR count). The van der Waals surface area contributed by atoms with E-state index in [1.54, 1.807) is 21.2 Å². The zero-order chi connectivity index (χ0) is 28.6. The second-order valence-electron chi connectivity index (χ2n) is 10.1. The van der Waals surface area contributed by atoms with Gasteiger partial charge in [-0.05, 0) is 37.1 Å². The summed E-state index contributed by atoms with van der Waals surface area (Å²) in [6.45, 7) is 2.60. The number of carbonyl (C=O) groups excluding carboxylic acids is 1. The van der Waals surface area contributed by atoms with Gasteiger partial charge in [-0.25, -0.2) is 13.8 Å². The molecule has 2 aromatic carbocycles. The molecule has 1 amide bonds. The van der Waals surface area contributed by atoms with E-state index in [0.29, 0.717) is 49.9 Å². The van der Waals surface area contributed by atoms with Gasteiger partial charge in [0.05, 0.1) is 36.7 Å². The quantitative estimate of drug-likeness (QED) is 0.239. The van der Waals surface area contributed by atoms with Crippen LogP contribution in [0.4, 0.5) is 8.78 Å². The lowest BCUT2D eigenvalue weighted by molar-refractivity contribution is -0.132. The van der Waals surface area contributed by atoms with Crippen molar-refractivity contribution in [1.82, 2.24) is 19.8 Å². The van der Waals surface area contributed by atoms with Gasteiger partial charge >= 0.3 is 0 Å². The molecule has 1 aliphatic carbocycles. The van der Waals surface area contributed by atoms with Crippen LogP contribution in [0.1, 0.15) is 36.9 Å². The van der Waals surface area contributed by atoms with Crippen LogP contribution in [0.5, 0.6) is 5.75 Å². The van der Waals surface area contributed by atoms with E-state index in [9.17, 15) is 18.4 Å². The number of thioether (sulfide) groups is 1. The predicted octanol–water partition coefficient (Wildman–Crippen LogP) is 4.12. The highest BCUT2D eigenvalue weighted by Crippen LogP contribution is 2.36. The number of carbonyl (C=O) groups is 1. The average molecular weight is 585 g/mol. The number of amides is 1. The Morgan fingerprint density at radius 3 is 2.66 bits per heavy atom. The Morgan fingerprint density at radius 2 is 1.90 bits per heavy atom. The molecule has 41 heavy (non-hydrogen) atoms. The van der Waals surface area contributed by atoms with Crippen molar-refractivity contribution in [3.8, 4) is 11.4 Å². The Labute approximate surface area is 242 Å². The van der Waals surface area contributed by atoms with Crippen LogP contribution < -0.4 is 15.6 Å². The minimum atomic E-state index is -0.751. The van der Waals surface area contributed by atoms with Crippen LogP contribution in [-0.4, -0.2) is 65.1 Å². The molecule has 0 unspecified atom stereocenters. The summed E-state index contributed by atoms with van der Waals surface area (Å²) in [6.07, 6.45) is 4.37. The zero-order valence-electron chi connectivity index (χ0n) is 22.8. The van der Waals surface area contributed by atoms with Crippen LogP contribution in [-0.2, 0) is 22.5 Å². The van der Waals surface area contributed by atoms with E-state index in [0.717, 1.165) is 41.5 Å². The van der Waals surface area contributed by atoms with Crippen LogP contribution >= 0.6 is 11.8 Å². The highest BCUT2D eigenvalue weighted by Gasteiger charge is 2.28. The maximum atomic E-state index is 13.7. The number of nitrogens with one attached hydrogen (secondary N) is 1. The first-order valence-electron chi connectivity index (χ1n) is 14.0. The molecule has 1 aromatic heterocycles. The monoisotopic (exact) mass is 584 g/mol. The fraction of sp³-hybridized carbons (Fsp3) is 0.433. The third-order valence-electron chi connectivity index (χ3n) is 7.21. The number of benzene rings is 2. The minimum Gasteiger partial charge on any atom is -0.488 e.